The number of amides is 1. The quantitative estimate of drug-likeness (QED) is 0.333. The van der Waals surface area contributed by atoms with Crippen LogP contribution in [-0.2, 0) is 9.59 Å². The summed E-state index contributed by atoms with van der Waals surface area (Å²) < 4.78 is 0. The van der Waals surface area contributed by atoms with Gasteiger partial charge in [0.2, 0.25) is 5.91 Å². The smallest absolute Gasteiger partial charge is 0.228 e. The lowest BCUT2D eigenvalue weighted by Crippen LogP contribution is -2.14. The molecule has 2 aromatic rings. The fourth-order valence-corrected chi connectivity index (χ4v) is 3.22. The number of Topliss-reactive ketones (excluding diaryl/α,β-unsaturated/α-hetero) is 1. The van der Waals surface area contributed by atoms with Crippen LogP contribution in [0.5, 0.6) is 0 Å². The van der Waals surface area contributed by atoms with Gasteiger partial charge in [-0.3, -0.25) is 14.6 Å². The van der Waals surface area contributed by atoms with Crippen LogP contribution in [0.4, 0.5) is 5.82 Å². The van der Waals surface area contributed by atoms with Gasteiger partial charge in [-0.25, -0.2) is 4.98 Å². The minimum Gasteiger partial charge on any atom is -0.396 e. The molecule has 0 atom stereocenters. The summed E-state index contributed by atoms with van der Waals surface area (Å²) in [5.74, 6) is 0.613. The Morgan fingerprint density at radius 3 is 2.42 bits per heavy atom. The van der Waals surface area contributed by atoms with Crippen molar-refractivity contribution in [3.8, 4) is 0 Å². The molecule has 0 aromatic carbocycles. The topological polar surface area (TPSA) is 92.2 Å². The molecule has 1 aliphatic carbocycles. The molecule has 33 heavy (non-hydrogen) atoms. The molecule has 1 saturated carbocycles. The minimum atomic E-state index is -0.0738. The molecule has 0 bridgehead atoms. The van der Waals surface area contributed by atoms with Crippen molar-refractivity contribution in [2.24, 2.45) is 5.92 Å². The van der Waals surface area contributed by atoms with Gasteiger partial charge in [-0.2, -0.15) is 0 Å². The third kappa shape index (κ3) is 7.79. The molecular weight excluding hydrogens is 413 g/mol. The molecule has 1 fully saturated rings. The Morgan fingerprint density at radius 2 is 1.82 bits per heavy atom. The summed E-state index contributed by atoms with van der Waals surface area (Å²) >= 11 is 0. The first kappa shape index (κ1) is 28.0. The van der Waals surface area contributed by atoms with Crippen LogP contribution >= 0.6 is 0 Å². The number of nitrogens with zero attached hydrogens (tertiary/aromatic N) is 2. The van der Waals surface area contributed by atoms with E-state index < -0.39 is 0 Å². The molecule has 174 valence electrons. The van der Waals surface area contributed by atoms with Crippen LogP contribution in [0.3, 0.4) is 0 Å². The Balaban J connectivity index is 0.00000177. The molecule has 0 unspecified atom stereocenters. The first-order valence-electron chi connectivity index (χ1n) is 11.2. The maximum absolute atomic E-state index is 12.1. The zero-order valence-electron chi connectivity index (χ0n) is 20.1. The van der Waals surface area contributed by atoms with Gasteiger partial charge >= 0.3 is 0 Å². The average Bonchev–Trinajstić information content (AvgIpc) is 3.65. The Labute approximate surface area is 198 Å². The van der Waals surface area contributed by atoms with Crippen LogP contribution in [-0.4, -0.2) is 41.8 Å². The molecule has 3 rings (SSSR count). The van der Waals surface area contributed by atoms with E-state index >= 15 is 0 Å². The van der Waals surface area contributed by atoms with E-state index in [9.17, 15) is 9.59 Å². The monoisotopic (exact) mass is 447 g/mol. The number of anilines is 1. The standard InChI is InChI=1S/C24H27N3O3.C2H6.BH/c1-4-20(15(2)10-16(3)22(29)6-5-9-28)21-11-18-14-26-23(12-19(18)13-25-21)27-24(30)17-7-8-17;1-2;/h4,10-14,17,28H,3,5-9H2,1-2H3,(H,26,27,30);1-2H3;1H/b15-10-,20-4+;;. The van der Waals surface area contributed by atoms with Crippen LogP contribution in [0.25, 0.3) is 16.3 Å². The number of carbonyl (C=O) groups is 2. The number of fused-ring (bicyclic) bond motifs is 1. The second-order valence-electron chi connectivity index (χ2n) is 7.56. The van der Waals surface area contributed by atoms with E-state index in [1.165, 1.54) is 0 Å². The molecule has 0 saturated heterocycles. The maximum atomic E-state index is 12.1. The first-order valence-corrected chi connectivity index (χ1v) is 11.2. The number of ketones is 1. The van der Waals surface area contributed by atoms with Gasteiger partial charge < -0.3 is 10.4 Å². The SMILES string of the molecule is C=C(/C=C(C)\C(=C/C)c1cc2cnc(NC(=O)C3CC3)cc2cn1)C(=O)CCCO.CC.[BH]. The fourth-order valence-electron chi connectivity index (χ4n) is 3.22. The highest BCUT2D eigenvalue weighted by molar-refractivity contribution is 5.99. The Kier molecular flexibility index (Phi) is 11.4. The van der Waals surface area contributed by atoms with Gasteiger partial charge in [-0.15, -0.1) is 0 Å². The van der Waals surface area contributed by atoms with Gasteiger partial charge in [0.25, 0.3) is 0 Å². The molecule has 7 heteroatoms. The lowest BCUT2D eigenvalue weighted by Gasteiger charge is -2.10. The second-order valence-corrected chi connectivity index (χ2v) is 7.56. The number of aliphatic hydroxyl groups excluding tert-OH is 1. The zero-order chi connectivity index (χ0) is 23.7. The number of pyridine rings is 2. The van der Waals surface area contributed by atoms with Crippen molar-refractivity contribution in [3.05, 3.63) is 60.1 Å². The van der Waals surface area contributed by atoms with E-state index in [0.717, 1.165) is 40.5 Å². The summed E-state index contributed by atoms with van der Waals surface area (Å²) in [6.45, 7) is 11.7. The van der Waals surface area contributed by atoms with Crippen molar-refractivity contribution in [1.29, 1.82) is 0 Å². The summed E-state index contributed by atoms with van der Waals surface area (Å²) in [6, 6.07) is 3.77. The van der Waals surface area contributed by atoms with Crippen LogP contribution in [0.1, 0.15) is 59.1 Å². The van der Waals surface area contributed by atoms with Gasteiger partial charge in [0.1, 0.15) is 5.82 Å². The van der Waals surface area contributed by atoms with Gasteiger partial charge in [0.05, 0.1) is 5.69 Å². The van der Waals surface area contributed by atoms with E-state index in [-0.39, 0.29) is 39.0 Å². The molecule has 0 aliphatic heterocycles. The van der Waals surface area contributed by atoms with Crippen LogP contribution in [0, 0.1) is 5.92 Å². The average molecular weight is 447 g/mol. The van der Waals surface area contributed by atoms with E-state index in [4.69, 9.17) is 5.11 Å². The summed E-state index contributed by atoms with van der Waals surface area (Å²) in [5, 5.41) is 13.5. The number of aromatic nitrogens is 2. The number of nitrogens with one attached hydrogen (secondary N) is 1. The summed E-state index contributed by atoms with van der Waals surface area (Å²) in [6.07, 6.45) is 9.81. The van der Waals surface area contributed by atoms with Crippen LogP contribution in [0.2, 0.25) is 0 Å². The number of hydrogen-bond acceptors (Lipinski definition) is 5. The van der Waals surface area contributed by atoms with Crippen LogP contribution < -0.4 is 5.32 Å². The predicted octanol–water partition coefficient (Wildman–Crippen LogP) is 4.60. The molecule has 2 N–H and O–H groups in total. The molecule has 6 nitrogen and oxygen atoms in total. The number of rotatable bonds is 9. The Bertz CT molecular complexity index is 1060. The lowest BCUT2D eigenvalue weighted by molar-refractivity contribution is -0.117. The van der Waals surface area contributed by atoms with E-state index in [1.807, 2.05) is 45.9 Å². The van der Waals surface area contributed by atoms with Gasteiger partial charge in [0.15, 0.2) is 5.78 Å². The van der Waals surface area contributed by atoms with E-state index in [2.05, 4.69) is 21.9 Å². The summed E-state index contributed by atoms with van der Waals surface area (Å²) in [7, 11) is 0. The fraction of sp³-hybridized carbons (Fsp3) is 0.385. The first-order chi connectivity index (χ1) is 15.4. The zero-order valence-corrected chi connectivity index (χ0v) is 20.1. The van der Waals surface area contributed by atoms with Gasteiger partial charge in [0, 0.05) is 56.1 Å². The Morgan fingerprint density at radius 1 is 1.18 bits per heavy atom. The van der Waals surface area contributed by atoms with Crippen molar-refractivity contribution in [3.63, 3.8) is 0 Å². The number of carbonyl (C=O) groups excluding carboxylic acids is 2. The molecule has 2 radical (unpaired) electrons. The predicted molar refractivity (Wildman–Crippen MR) is 137 cm³/mol. The third-order valence-electron chi connectivity index (χ3n) is 5.10. The largest absolute Gasteiger partial charge is 0.396 e. The minimum absolute atomic E-state index is 0. The second kappa shape index (κ2) is 13.5. The third-order valence-corrected chi connectivity index (χ3v) is 5.10. The highest BCUT2D eigenvalue weighted by Crippen LogP contribution is 2.30. The summed E-state index contributed by atoms with van der Waals surface area (Å²) in [5.41, 5.74) is 2.97. The number of allylic oxidation sites excluding steroid dienone is 5. The maximum Gasteiger partial charge on any atom is 0.228 e. The van der Waals surface area contributed by atoms with Gasteiger partial charge in [-0.05, 0) is 62.5 Å². The van der Waals surface area contributed by atoms with Crippen molar-refractivity contribution in [2.45, 2.75) is 53.4 Å². The van der Waals surface area contributed by atoms with Crippen molar-refractivity contribution < 1.29 is 14.7 Å². The number of hydrogen-bond donors (Lipinski definition) is 2. The lowest BCUT2D eigenvalue weighted by atomic mass is 9.98. The summed E-state index contributed by atoms with van der Waals surface area (Å²) in [4.78, 5) is 33.0. The van der Waals surface area contributed by atoms with Crippen LogP contribution in [0.15, 0.2) is 54.4 Å². The molecule has 0 spiro atoms. The Hall–Kier alpha value is -3.06. The van der Waals surface area contributed by atoms with E-state index in [1.54, 1.807) is 18.5 Å². The van der Waals surface area contributed by atoms with E-state index in [0.29, 0.717) is 17.8 Å². The number of aliphatic hydroxyl groups is 1. The molecule has 2 heterocycles. The molecule has 2 aromatic heterocycles. The van der Waals surface area contributed by atoms with Crippen molar-refractivity contribution in [1.82, 2.24) is 9.97 Å². The molecule has 1 amide bonds. The molecular formula is C26H34BN3O3. The highest BCUT2D eigenvalue weighted by atomic mass is 16.3. The van der Waals surface area contributed by atoms with Crippen molar-refractivity contribution in [2.75, 3.05) is 11.9 Å². The van der Waals surface area contributed by atoms with Crippen molar-refractivity contribution >= 4 is 42.3 Å². The molecule has 1 aliphatic rings. The normalized spacial score (nSPS) is 13.5. The highest BCUT2D eigenvalue weighted by Gasteiger charge is 2.29. The van der Waals surface area contributed by atoms with Gasteiger partial charge in [-0.1, -0.05) is 26.5 Å².